The molecule has 2 aromatic carbocycles. The molecule has 0 unspecified atom stereocenters. The molecule has 2 aromatic rings. The summed E-state index contributed by atoms with van der Waals surface area (Å²) in [6.07, 6.45) is 1.57. The summed E-state index contributed by atoms with van der Waals surface area (Å²) in [4.78, 5) is 12.2. The minimum atomic E-state index is -0.282. The second kappa shape index (κ2) is 6.35. The van der Waals surface area contributed by atoms with Crippen molar-refractivity contribution in [1.82, 2.24) is 0 Å². The van der Waals surface area contributed by atoms with E-state index < -0.39 is 0 Å². The Kier molecular flexibility index (Phi) is 4.31. The van der Waals surface area contributed by atoms with Gasteiger partial charge in [0.05, 0.1) is 7.11 Å². The first-order chi connectivity index (χ1) is 9.74. The topological polar surface area (TPSA) is 50.1 Å². The number of allylic oxidation sites excluding steroid dienone is 1. The highest BCUT2D eigenvalue weighted by atomic mass is 16.5. The van der Waals surface area contributed by atoms with Crippen LogP contribution in [0.3, 0.4) is 0 Å². The number of carbonyl (C=O) groups excluding carboxylic acids is 1. The molecule has 0 atom stereocenters. The van der Waals surface area contributed by atoms with Crippen LogP contribution in [0.15, 0.2) is 60.2 Å². The van der Waals surface area contributed by atoms with E-state index >= 15 is 0 Å². The lowest BCUT2D eigenvalue weighted by molar-refractivity contribution is 0.104. The number of benzene rings is 2. The fraction of sp³-hybridized carbons (Fsp3) is 0.0588. The molecule has 0 aliphatic rings. The SMILES string of the molecule is COc1cccc(C=C(C#N)C(=O)c2ccccc2)c1. The van der Waals surface area contributed by atoms with Crippen molar-refractivity contribution in [3.8, 4) is 11.8 Å². The molecular formula is C17H13NO2. The molecule has 0 N–H and O–H groups in total. The first-order valence-corrected chi connectivity index (χ1v) is 6.10. The van der Waals surface area contributed by atoms with E-state index in [1.54, 1.807) is 43.5 Å². The van der Waals surface area contributed by atoms with Crippen LogP contribution >= 0.6 is 0 Å². The van der Waals surface area contributed by atoms with Gasteiger partial charge in [-0.15, -0.1) is 0 Å². The third-order valence-corrected chi connectivity index (χ3v) is 2.81. The van der Waals surface area contributed by atoms with Crippen molar-refractivity contribution in [3.05, 3.63) is 71.3 Å². The lowest BCUT2D eigenvalue weighted by Crippen LogP contribution is -2.01. The second-order valence-corrected chi connectivity index (χ2v) is 4.14. The van der Waals surface area contributed by atoms with Gasteiger partial charge in [0.2, 0.25) is 5.78 Å². The second-order valence-electron chi connectivity index (χ2n) is 4.14. The lowest BCUT2D eigenvalue weighted by Gasteiger charge is -2.02. The highest BCUT2D eigenvalue weighted by Crippen LogP contribution is 2.17. The fourth-order valence-electron chi connectivity index (χ4n) is 1.79. The zero-order valence-electron chi connectivity index (χ0n) is 11.0. The van der Waals surface area contributed by atoms with E-state index in [9.17, 15) is 10.1 Å². The van der Waals surface area contributed by atoms with Crippen LogP contribution in [0.1, 0.15) is 15.9 Å². The normalized spacial score (nSPS) is 10.7. The number of nitriles is 1. The third-order valence-electron chi connectivity index (χ3n) is 2.81. The molecule has 0 amide bonds. The molecule has 0 spiro atoms. The molecule has 3 heteroatoms. The highest BCUT2D eigenvalue weighted by Gasteiger charge is 2.11. The predicted octanol–water partition coefficient (Wildman–Crippen LogP) is 3.49. The van der Waals surface area contributed by atoms with Crippen molar-refractivity contribution in [2.24, 2.45) is 0 Å². The smallest absolute Gasteiger partial charge is 0.203 e. The molecular weight excluding hydrogens is 250 g/mol. The van der Waals surface area contributed by atoms with Gasteiger partial charge in [-0.1, -0.05) is 42.5 Å². The van der Waals surface area contributed by atoms with E-state index in [4.69, 9.17) is 4.74 Å². The van der Waals surface area contributed by atoms with Gasteiger partial charge >= 0.3 is 0 Å². The van der Waals surface area contributed by atoms with Crippen LogP contribution in [0.5, 0.6) is 5.75 Å². The van der Waals surface area contributed by atoms with Crippen molar-refractivity contribution in [1.29, 1.82) is 5.26 Å². The molecule has 0 saturated heterocycles. The van der Waals surface area contributed by atoms with E-state index in [1.165, 1.54) is 0 Å². The van der Waals surface area contributed by atoms with Gasteiger partial charge < -0.3 is 4.74 Å². The molecule has 0 bridgehead atoms. The summed E-state index contributed by atoms with van der Waals surface area (Å²) in [5, 5.41) is 9.18. The first kappa shape index (κ1) is 13.6. The van der Waals surface area contributed by atoms with Gasteiger partial charge in [0, 0.05) is 5.56 Å². The van der Waals surface area contributed by atoms with Gasteiger partial charge in [-0.25, -0.2) is 0 Å². The maximum atomic E-state index is 12.2. The summed E-state index contributed by atoms with van der Waals surface area (Å²) in [6.45, 7) is 0. The summed E-state index contributed by atoms with van der Waals surface area (Å²) >= 11 is 0. The van der Waals surface area contributed by atoms with Gasteiger partial charge in [-0.2, -0.15) is 5.26 Å². The molecule has 0 fully saturated rings. The van der Waals surface area contributed by atoms with Crippen LogP contribution in [-0.2, 0) is 0 Å². The van der Waals surface area contributed by atoms with Crippen LogP contribution in [0, 0.1) is 11.3 Å². The zero-order valence-corrected chi connectivity index (χ0v) is 11.0. The molecule has 2 rings (SSSR count). The summed E-state index contributed by atoms with van der Waals surface area (Å²) in [5.41, 5.74) is 1.36. The number of methoxy groups -OCH3 is 1. The van der Waals surface area contributed by atoms with Crippen LogP contribution < -0.4 is 4.74 Å². The molecule has 0 saturated carbocycles. The maximum absolute atomic E-state index is 12.2. The van der Waals surface area contributed by atoms with Crippen molar-refractivity contribution < 1.29 is 9.53 Å². The van der Waals surface area contributed by atoms with Gasteiger partial charge in [0.1, 0.15) is 17.4 Å². The molecule has 0 aromatic heterocycles. The predicted molar refractivity (Wildman–Crippen MR) is 77.4 cm³/mol. The van der Waals surface area contributed by atoms with E-state index in [-0.39, 0.29) is 11.4 Å². The van der Waals surface area contributed by atoms with Gasteiger partial charge in [0.15, 0.2) is 0 Å². The van der Waals surface area contributed by atoms with E-state index in [2.05, 4.69) is 0 Å². The van der Waals surface area contributed by atoms with E-state index in [0.29, 0.717) is 11.3 Å². The number of hydrogen-bond donors (Lipinski definition) is 0. The molecule has 0 radical (unpaired) electrons. The lowest BCUT2D eigenvalue weighted by atomic mass is 10.0. The summed E-state index contributed by atoms with van der Waals surface area (Å²) in [5.74, 6) is 0.402. The Labute approximate surface area is 117 Å². The average molecular weight is 263 g/mol. The molecule has 98 valence electrons. The Hall–Kier alpha value is -2.86. The Balaban J connectivity index is 2.35. The van der Waals surface area contributed by atoms with Crippen LogP contribution in [0.4, 0.5) is 0 Å². The van der Waals surface area contributed by atoms with Gasteiger partial charge in [-0.3, -0.25) is 4.79 Å². The van der Waals surface area contributed by atoms with Crippen LogP contribution in [0.2, 0.25) is 0 Å². The largest absolute Gasteiger partial charge is 0.497 e. The number of rotatable bonds is 4. The maximum Gasteiger partial charge on any atom is 0.203 e. The molecule has 20 heavy (non-hydrogen) atoms. The molecule has 0 aliphatic carbocycles. The van der Waals surface area contributed by atoms with Crippen LogP contribution in [-0.4, -0.2) is 12.9 Å². The highest BCUT2D eigenvalue weighted by molar-refractivity contribution is 6.14. The first-order valence-electron chi connectivity index (χ1n) is 6.10. The Morgan fingerprint density at radius 1 is 1.15 bits per heavy atom. The Bertz CT molecular complexity index is 682. The Morgan fingerprint density at radius 3 is 2.55 bits per heavy atom. The zero-order chi connectivity index (χ0) is 14.4. The van der Waals surface area contributed by atoms with E-state index in [1.807, 2.05) is 30.3 Å². The van der Waals surface area contributed by atoms with Crippen molar-refractivity contribution >= 4 is 11.9 Å². The third kappa shape index (κ3) is 3.12. The van der Waals surface area contributed by atoms with Crippen molar-refractivity contribution in [2.75, 3.05) is 7.11 Å². The number of carbonyl (C=O) groups is 1. The number of hydrogen-bond acceptors (Lipinski definition) is 3. The minimum absolute atomic E-state index is 0.101. The summed E-state index contributed by atoms with van der Waals surface area (Å²) in [6, 6.07) is 17.9. The van der Waals surface area contributed by atoms with E-state index in [0.717, 1.165) is 5.56 Å². The fourth-order valence-corrected chi connectivity index (χ4v) is 1.79. The standard InChI is InChI=1S/C17H13NO2/c1-20-16-9-5-6-13(11-16)10-15(12-18)17(19)14-7-3-2-4-8-14/h2-11H,1H3. The van der Waals surface area contributed by atoms with Gasteiger partial charge in [-0.05, 0) is 23.8 Å². The average Bonchev–Trinajstić information content (AvgIpc) is 2.53. The van der Waals surface area contributed by atoms with Gasteiger partial charge in [0.25, 0.3) is 0 Å². The number of nitrogens with zero attached hydrogens (tertiary/aromatic N) is 1. The van der Waals surface area contributed by atoms with Crippen molar-refractivity contribution in [2.45, 2.75) is 0 Å². The monoisotopic (exact) mass is 263 g/mol. The van der Waals surface area contributed by atoms with Crippen molar-refractivity contribution in [3.63, 3.8) is 0 Å². The number of ketones is 1. The Morgan fingerprint density at radius 2 is 1.90 bits per heavy atom. The summed E-state index contributed by atoms with van der Waals surface area (Å²) < 4.78 is 5.12. The molecule has 0 aliphatic heterocycles. The molecule has 0 heterocycles. The number of ether oxygens (including phenoxy) is 1. The minimum Gasteiger partial charge on any atom is -0.497 e. The quantitative estimate of drug-likeness (QED) is 0.482. The number of Topliss-reactive ketones (excluding diaryl/α,β-unsaturated/α-hetero) is 1. The van der Waals surface area contributed by atoms with Crippen LogP contribution in [0.25, 0.3) is 6.08 Å². The summed E-state index contributed by atoms with van der Waals surface area (Å²) in [7, 11) is 1.57. The molecule has 3 nitrogen and oxygen atoms in total.